The number of carbonyl (C=O) groups is 1. The van der Waals surface area contributed by atoms with E-state index in [0.717, 1.165) is 0 Å². The fourth-order valence-corrected chi connectivity index (χ4v) is 1.62. The summed E-state index contributed by atoms with van der Waals surface area (Å²) in [5.41, 5.74) is 6.29. The molecule has 0 spiro atoms. The Hall–Kier alpha value is -2.30. The Balaban J connectivity index is 2.45. The first kappa shape index (κ1) is 12.2. The summed E-state index contributed by atoms with van der Waals surface area (Å²) in [6.07, 6.45) is 0. The summed E-state index contributed by atoms with van der Waals surface area (Å²) in [7, 11) is 1.29. The zero-order chi connectivity index (χ0) is 13.3. The van der Waals surface area contributed by atoms with Crippen LogP contribution in [0.4, 0.5) is 10.1 Å². The van der Waals surface area contributed by atoms with Crippen molar-refractivity contribution in [2.75, 3.05) is 12.8 Å². The van der Waals surface area contributed by atoms with Crippen LogP contribution in [-0.4, -0.2) is 13.1 Å². The molecule has 2 N–H and O–H groups in total. The topological polar surface area (TPSA) is 65.5 Å². The van der Waals surface area contributed by atoms with Gasteiger partial charge in [-0.25, -0.2) is 9.18 Å². The number of halogens is 1. The lowest BCUT2D eigenvalue weighted by molar-refractivity contribution is 0.0599. The summed E-state index contributed by atoms with van der Waals surface area (Å²) in [5.74, 6) is -0.194. The lowest BCUT2D eigenvalue weighted by Gasteiger charge is -1.99. The minimum atomic E-state index is -0.527. The second-order valence-electron chi connectivity index (χ2n) is 3.81. The molecule has 5 heteroatoms. The van der Waals surface area contributed by atoms with E-state index in [1.54, 1.807) is 13.0 Å². The number of aryl methyl sites for hydroxylation is 1. The van der Waals surface area contributed by atoms with Crippen molar-refractivity contribution in [2.45, 2.75) is 6.92 Å². The molecular weight excluding hydrogens is 237 g/mol. The molecule has 0 aliphatic carbocycles. The number of nitrogens with two attached hydrogens (primary N) is 1. The Bertz CT molecular complexity index is 604. The van der Waals surface area contributed by atoms with Gasteiger partial charge in [-0.2, -0.15) is 0 Å². The second-order valence-corrected chi connectivity index (χ2v) is 3.81. The molecule has 0 unspecified atom stereocenters. The first-order valence-corrected chi connectivity index (χ1v) is 5.27. The lowest BCUT2D eigenvalue weighted by Crippen LogP contribution is -2.00. The van der Waals surface area contributed by atoms with Crippen LogP contribution in [0.1, 0.15) is 16.1 Å². The maximum absolute atomic E-state index is 13.3. The van der Waals surface area contributed by atoms with Crippen LogP contribution in [0.15, 0.2) is 28.7 Å². The zero-order valence-corrected chi connectivity index (χ0v) is 9.99. The molecule has 1 heterocycles. The van der Waals surface area contributed by atoms with Crippen molar-refractivity contribution in [2.24, 2.45) is 0 Å². The second kappa shape index (κ2) is 4.52. The largest absolute Gasteiger partial charge is 0.465 e. The molecule has 2 aromatic rings. The fourth-order valence-electron chi connectivity index (χ4n) is 1.62. The molecule has 0 radical (unpaired) electrons. The van der Waals surface area contributed by atoms with Gasteiger partial charge < -0.3 is 14.9 Å². The van der Waals surface area contributed by atoms with E-state index in [1.165, 1.54) is 25.3 Å². The quantitative estimate of drug-likeness (QED) is 0.656. The molecule has 94 valence electrons. The van der Waals surface area contributed by atoms with E-state index in [1.807, 2.05) is 0 Å². The first-order chi connectivity index (χ1) is 8.52. The fraction of sp³-hybridized carbons (Fsp3) is 0.154. The number of nitrogen functional groups attached to an aromatic ring is 1. The Morgan fingerprint density at radius 1 is 1.39 bits per heavy atom. The highest BCUT2D eigenvalue weighted by Gasteiger charge is 2.16. The number of esters is 1. The van der Waals surface area contributed by atoms with E-state index < -0.39 is 11.8 Å². The van der Waals surface area contributed by atoms with Crippen LogP contribution in [-0.2, 0) is 4.74 Å². The molecule has 1 aromatic heterocycles. The third-order valence-electron chi connectivity index (χ3n) is 2.61. The molecule has 0 amide bonds. The SMILES string of the molecule is COC(=O)c1cc(-c2ccc(N)c(F)c2)oc1C. The van der Waals surface area contributed by atoms with Gasteiger partial charge in [-0.1, -0.05) is 0 Å². The molecule has 0 saturated carbocycles. The maximum Gasteiger partial charge on any atom is 0.341 e. The van der Waals surface area contributed by atoms with E-state index >= 15 is 0 Å². The van der Waals surface area contributed by atoms with E-state index in [0.29, 0.717) is 22.6 Å². The van der Waals surface area contributed by atoms with E-state index in [4.69, 9.17) is 10.2 Å². The number of hydrogen-bond donors (Lipinski definition) is 1. The van der Waals surface area contributed by atoms with Crippen molar-refractivity contribution in [1.82, 2.24) is 0 Å². The van der Waals surface area contributed by atoms with Crippen LogP contribution in [0.5, 0.6) is 0 Å². The van der Waals surface area contributed by atoms with Gasteiger partial charge in [-0.15, -0.1) is 0 Å². The van der Waals surface area contributed by atoms with Gasteiger partial charge in [0.15, 0.2) is 0 Å². The molecule has 18 heavy (non-hydrogen) atoms. The van der Waals surface area contributed by atoms with Crippen molar-refractivity contribution < 1.29 is 18.3 Å². The van der Waals surface area contributed by atoms with Crippen LogP contribution >= 0.6 is 0 Å². The minimum absolute atomic E-state index is 0.0650. The van der Waals surface area contributed by atoms with E-state index in [2.05, 4.69) is 4.74 Å². The Labute approximate surface area is 103 Å². The first-order valence-electron chi connectivity index (χ1n) is 5.27. The van der Waals surface area contributed by atoms with Crippen LogP contribution in [0, 0.1) is 12.7 Å². The predicted octanol–water partition coefficient (Wildman–Crippen LogP) is 2.76. The highest BCUT2D eigenvalue weighted by Crippen LogP contribution is 2.27. The number of methoxy groups -OCH3 is 1. The number of benzene rings is 1. The van der Waals surface area contributed by atoms with Crippen LogP contribution < -0.4 is 5.73 Å². The number of hydrogen-bond acceptors (Lipinski definition) is 4. The molecule has 2 rings (SSSR count). The summed E-state index contributed by atoms with van der Waals surface area (Å²) in [4.78, 5) is 11.4. The Morgan fingerprint density at radius 2 is 2.11 bits per heavy atom. The van der Waals surface area contributed by atoms with Gasteiger partial charge in [-0.05, 0) is 31.2 Å². The van der Waals surface area contributed by atoms with Crippen molar-refractivity contribution in [3.8, 4) is 11.3 Å². The number of rotatable bonds is 2. The number of ether oxygens (including phenoxy) is 1. The lowest BCUT2D eigenvalue weighted by atomic mass is 10.1. The van der Waals surface area contributed by atoms with Gasteiger partial charge in [0.1, 0.15) is 22.9 Å². The molecule has 1 aromatic carbocycles. The van der Waals surface area contributed by atoms with Crippen molar-refractivity contribution in [3.05, 3.63) is 41.4 Å². The summed E-state index contributed by atoms with van der Waals surface area (Å²) < 4.78 is 23.4. The van der Waals surface area contributed by atoms with Gasteiger partial charge in [0.25, 0.3) is 0 Å². The molecular formula is C13H12FNO3. The minimum Gasteiger partial charge on any atom is -0.465 e. The standard InChI is InChI=1S/C13H12FNO3/c1-7-9(13(16)17-2)6-12(18-7)8-3-4-11(15)10(14)5-8/h3-6H,15H2,1-2H3. The predicted molar refractivity (Wildman–Crippen MR) is 64.6 cm³/mol. The maximum atomic E-state index is 13.3. The zero-order valence-electron chi connectivity index (χ0n) is 9.99. The highest BCUT2D eigenvalue weighted by atomic mass is 19.1. The monoisotopic (exact) mass is 249 g/mol. The smallest absolute Gasteiger partial charge is 0.341 e. The average molecular weight is 249 g/mol. The van der Waals surface area contributed by atoms with Crippen LogP contribution in [0.25, 0.3) is 11.3 Å². The normalized spacial score (nSPS) is 10.4. The van der Waals surface area contributed by atoms with Crippen molar-refractivity contribution in [3.63, 3.8) is 0 Å². The van der Waals surface area contributed by atoms with E-state index in [-0.39, 0.29) is 5.69 Å². The van der Waals surface area contributed by atoms with Gasteiger partial charge >= 0.3 is 5.97 Å². The van der Waals surface area contributed by atoms with Gasteiger partial charge in [0.2, 0.25) is 0 Å². The molecule has 4 nitrogen and oxygen atoms in total. The van der Waals surface area contributed by atoms with Crippen LogP contribution in [0.3, 0.4) is 0 Å². The molecule has 0 saturated heterocycles. The highest BCUT2D eigenvalue weighted by molar-refractivity contribution is 5.91. The average Bonchev–Trinajstić information content (AvgIpc) is 2.74. The Morgan fingerprint density at radius 3 is 2.72 bits per heavy atom. The van der Waals surface area contributed by atoms with Gasteiger partial charge in [0.05, 0.1) is 12.8 Å². The van der Waals surface area contributed by atoms with E-state index in [9.17, 15) is 9.18 Å². The molecule has 0 bridgehead atoms. The molecule has 0 aliphatic heterocycles. The molecule has 0 aliphatic rings. The Kier molecular flexibility index (Phi) is 3.06. The summed E-state index contributed by atoms with van der Waals surface area (Å²) in [5, 5.41) is 0. The van der Waals surface area contributed by atoms with Crippen molar-refractivity contribution >= 4 is 11.7 Å². The molecule has 0 atom stereocenters. The number of anilines is 1. The third kappa shape index (κ3) is 2.07. The van der Waals surface area contributed by atoms with Crippen LogP contribution in [0.2, 0.25) is 0 Å². The summed E-state index contributed by atoms with van der Waals surface area (Å²) in [6.45, 7) is 1.64. The summed E-state index contributed by atoms with van der Waals surface area (Å²) >= 11 is 0. The third-order valence-corrected chi connectivity index (χ3v) is 2.61. The number of carbonyl (C=O) groups excluding carboxylic acids is 1. The van der Waals surface area contributed by atoms with Crippen molar-refractivity contribution in [1.29, 1.82) is 0 Å². The summed E-state index contributed by atoms with van der Waals surface area (Å²) in [6, 6.07) is 5.85. The molecule has 0 fully saturated rings. The number of furan rings is 1. The van der Waals surface area contributed by atoms with Gasteiger partial charge in [0, 0.05) is 5.56 Å². The van der Waals surface area contributed by atoms with Gasteiger partial charge in [-0.3, -0.25) is 0 Å².